The van der Waals surface area contributed by atoms with Gasteiger partial charge in [0.1, 0.15) is 6.79 Å². The zero-order valence-corrected chi connectivity index (χ0v) is 5.57. The summed E-state index contributed by atoms with van der Waals surface area (Å²) in [7, 11) is -1.73. The number of rotatable bonds is 4. The summed E-state index contributed by atoms with van der Waals surface area (Å²) in [5.41, 5.74) is 0. The second kappa shape index (κ2) is 8.64. The normalized spacial score (nSPS) is 9.30. The molecule has 0 aromatic heterocycles. The van der Waals surface area contributed by atoms with Gasteiger partial charge in [-0.3, -0.25) is 0 Å². The summed E-state index contributed by atoms with van der Waals surface area (Å²) in [5, 5.41) is 16.2. The molecule has 10 heavy (non-hydrogen) atoms. The Morgan fingerprint density at radius 1 is 1.40 bits per heavy atom. The first-order valence-corrected chi connectivity index (χ1v) is 2.72. The quantitative estimate of drug-likeness (QED) is 0.411. The molecule has 4 nitrogen and oxygen atoms in total. The van der Waals surface area contributed by atoms with Gasteiger partial charge in [0.25, 0.3) is 0 Å². The molecule has 0 aromatic rings. The monoisotopic (exact) mass is 174 g/mol. The van der Waals surface area contributed by atoms with Crippen LogP contribution in [0.4, 0.5) is 0 Å². The van der Waals surface area contributed by atoms with E-state index in [1.807, 2.05) is 13.8 Å². The molecule has 0 aliphatic heterocycles. The first kappa shape index (κ1) is 14.1. The van der Waals surface area contributed by atoms with Gasteiger partial charge in [0, 0.05) is 0 Å². The van der Waals surface area contributed by atoms with Crippen molar-refractivity contribution < 1.29 is 19.4 Å². The van der Waals surface area contributed by atoms with E-state index in [9.17, 15) is 0 Å². The van der Waals surface area contributed by atoms with Crippen molar-refractivity contribution >= 4 is 58.7 Å². The van der Waals surface area contributed by atoms with E-state index in [4.69, 9.17) is 14.8 Å². The van der Waals surface area contributed by atoms with E-state index in [0.29, 0.717) is 0 Å². The zero-order valence-electron chi connectivity index (χ0n) is 5.57. The van der Waals surface area contributed by atoms with Crippen molar-refractivity contribution in [2.45, 2.75) is 20.0 Å². The molecule has 0 rings (SSSR count). The van der Waals surface area contributed by atoms with Crippen molar-refractivity contribution in [3.63, 3.8) is 0 Å². The molecular weight excluding hydrogens is 162 g/mol. The second-order valence-electron chi connectivity index (χ2n) is 1.83. The molecule has 6 heteroatoms. The summed E-state index contributed by atoms with van der Waals surface area (Å²) >= 11 is 0. The first-order valence-electron chi connectivity index (χ1n) is 2.72. The van der Waals surface area contributed by atoms with Crippen LogP contribution < -0.4 is 0 Å². The molecule has 2 N–H and O–H groups in total. The van der Waals surface area contributed by atoms with Crippen molar-refractivity contribution in [3.05, 3.63) is 0 Å². The molecule has 0 aliphatic rings. The molecule has 0 fully saturated rings. The first-order chi connectivity index (χ1) is 4.13. The molecule has 0 radical (unpaired) electrons. The number of ether oxygens (including phenoxy) is 1. The van der Waals surface area contributed by atoms with E-state index in [2.05, 4.69) is 4.65 Å². The van der Waals surface area contributed by atoms with Crippen LogP contribution in [0.15, 0.2) is 0 Å². The fourth-order valence-corrected chi connectivity index (χ4v) is 0.236. The standard InChI is InChI=1S/C4H11BO4.K.H/c1-4(2)8-3-9-5(6)7;;/h4,6-7H,3H2,1-2H3;;. The predicted octanol–water partition coefficient (Wildman–Crippen LogP) is -1.29. The average molecular weight is 174 g/mol. The van der Waals surface area contributed by atoms with Crippen molar-refractivity contribution in [1.29, 1.82) is 0 Å². The second-order valence-corrected chi connectivity index (χ2v) is 1.83. The third kappa shape index (κ3) is 12.2. The summed E-state index contributed by atoms with van der Waals surface area (Å²) < 4.78 is 9.05. The van der Waals surface area contributed by atoms with Gasteiger partial charge in [0.05, 0.1) is 6.10 Å². The maximum atomic E-state index is 8.12. The van der Waals surface area contributed by atoms with Gasteiger partial charge < -0.3 is 19.4 Å². The van der Waals surface area contributed by atoms with Gasteiger partial charge >= 0.3 is 58.7 Å². The predicted molar refractivity (Wildman–Crippen MR) is 39.5 cm³/mol. The summed E-state index contributed by atoms with van der Waals surface area (Å²) in [6.07, 6.45) is 0.0451. The minimum absolute atomic E-state index is 0. The SMILES string of the molecule is CC(C)OCOB(O)O.[KH]. The summed E-state index contributed by atoms with van der Waals surface area (Å²) in [6.45, 7) is 3.57. The zero-order chi connectivity index (χ0) is 7.28. The summed E-state index contributed by atoms with van der Waals surface area (Å²) in [5.74, 6) is 0. The Hall–Kier alpha value is 1.54. The van der Waals surface area contributed by atoms with E-state index >= 15 is 0 Å². The van der Waals surface area contributed by atoms with Crippen LogP contribution in [0.3, 0.4) is 0 Å². The minimum atomic E-state index is -1.73. The Morgan fingerprint density at radius 2 is 1.90 bits per heavy atom. The molecule has 0 amide bonds. The van der Waals surface area contributed by atoms with Crippen LogP contribution in [0.2, 0.25) is 0 Å². The van der Waals surface area contributed by atoms with Crippen LogP contribution in [-0.2, 0) is 9.39 Å². The van der Waals surface area contributed by atoms with Gasteiger partial charge in [-0.25, -0.2) is 0 Å². The van der Waals surface area contributed by atoms with Crippen molar-refractivity contribution in [3.8, 4) is 0 Å². The van der Waals surface area contributed by atoms with E-state index < -0.39 is 7.32 Å². The molecule has 0 spiro atoms. The molecule has 0 saturated heterocycles. The third-order valence-corrected chi connectivity index (χ3v) is 0.618. The van der Waals surface area contributed by atoms with E-state index in [1.165, 1.54) is 0 Å². The van der Waals surface area contributed by atoms with Crippen LogP contribution >= 0.6 is 0 Å². The average Bonchev–Trinajstić information content (AvgIpc) is 1.63. The van der Waals surface area contributed by atoms with E-state index in [1.54, 1.807) is 0 Å². The third-order valence-electron chi connectivity index (χ3n) is 0.618. The Morgan fingerprint density at radius 3 is 2.20 bits per heavy atom. The Balaban J connectivity index is 0. The fraction of sp³-hybridized carbons (Fsp3) is 1.00. The van der Waals surface area contributed by atoms with Crippen LogP contribution in [0.25, 0.3) is 0 Å². The van der Waals surface area contributed by atoms with Crippen LogP contribution in [0.1, 0.15) is 13.8 Å². The molecule has 0 unspecified atom stereocenters. The molecule has 0 heterocycles. The molecule has 0 saturated carbocycles. The van der Waals surface area contributed by atoms with E-state index in [0.717, 1.165) is 0 Å². The Labute approximate surface area is 103 Å². The van der Waals surface area contributed by atoms with Gasteiger partial charge in [-0.2, -0.15) is 0 Å². The number of hydrogen-bond acceptors (Lipinski definition) is 4. The summed E-state index contributed by atoms with van der Waals surface area (Å²) in [4.78, 5) is 0. The molecular formula is C4H12BKO4. The van der Waals surface area contributed by atoms with Gasteiger partial charge in [-0.15, -0.1) is 0 Å². The maximum absolute atomic E-state index is 8.12. The van der Waals surface area contributed by atoms with Crippen molar-refractivity contribution in [2.24, 2.45) is 0 Å². The van der Waals surface area contributed by atoms with Gasteiger partial charge in [-0.1, -0.05) is 0 Å². The van der Waals surface area contributed by atoms with Gasteiger partial charge in [0.15, 0.2) is 0 Å². The van der Waals surface area contributed by atoms with Crippen LogP contribution in [-0.4, -0.2) is 81.7 Å². The molecule has 0 aliphatic carbocycles. The van der Waals surface area contributed by atoms with Crippen molar-refractivity contribution in [1.82, 2.24) is 0 Å². The van der Waals surface area contributed by atoms with Gasteiger partial charge in [-0.05, 0) is 13.8 Å². The Bertz CT molecular complexity index is 62.3. The van der Waals surface area contributed by atoms with Crippen molar-refractivity contribution in [2.75, 3.05) is 6.79 Å². The van der Waals surface area contributed by atoms with Crippen LogP contribution in [0.5, 0.6) is 0 Å². The van der Waals surface area contributed by atoms with Crippen LogP contribution in [0, 0.1) is 0 Å². The number of hydrogen-bond donors (Lipinski definition) is 2. The molecule has 56 valence electrons. The molecule has 0 atom stereocenters. The van der Waals surface area contributed by atoms with Gasteiger partial charge in [0.2, 0.25) is 0 Å². The molecule has 0 aromatic carbocycles. The van der Waals surface area contributed by atoms with E-state index in [-0.39, 0.29) is 64.3 Å². The Kier molecular flexibility index (Phi) is 12.2. The summed E-state index contributed by atoms with van der Waals surface area (Å²) in [6, 6.07) is 0. The fourth-order valence-electron chi connectivity index (χ4n) is 0.236. The molecule has 0 bridgehead atoms. The topological polar surface area (TPSA) is 58.9 Å².